The van der Waals surface area contributed by atoms with Gasteiger partial charge in [-0.2, -0.15) is 0 Å². The number of rotatable bonds is 4. The number of unbranched alkanes of at least 4 members (excludes halogenated alkanes) is 3. The van der Waals surface area contributed by atoms with Crippen molar-refractivity contribution in [2.24, 2.45) is 0 Å². The summed E-state index contributed by atoms with van der Waals surface area (Å²) in [4.78, 5) is 9.72. The van der Waals surface area contributed by atoms with E-state index in [0.29, 0.717) is 6.42 Å². The highest BCUT2D eigenvalue weighted by atomic mass is 16.1. The van der Waals surface area contributed by atoms with Crippen LogP contribution in [0, 0.1) is 12.3 Å². The fraction of sp³-hybridized carbons (Fsp3) is 0.444. The molecule has 0 aliphatic carbocycles. The van der Waals surface area contributed by atoms with Crippen LogP contribution in [0.5, 0.6) is 0 Å². The molecule has 10 heavy (non-hydrogen) atoms. The van der Waals surface area contributed by atoms with E-state index in [1.54, 1.807) is 0 Å². The Kier molecular flexibility index (Phi) is 18.4. The Balaban J connectivity index is 0. The van der Waals surface area contributed by atoms with Gasteiger partial charge in [-0.3, -0.25) is 0 Å². The molecule has 0 heterocycles. The van der Waals surface area contributed by atoms with Crippen molar-refractivity contribution < 1.29 is 4.79 Å². The maximum Gasteiger partial charge on any atom is 0.119 e. The van der Waals surface area contributed by atoms with Crippen LogP contribution < -0.4 is 0 Å². The van der Waals surface area contributed by atoms with E-state index in [0.717, 1.165) is 25.5 Å². The van der Waals surface area contributed by atoms with E-state index in [1.165, 1.54) is 0 Å². The first-order valence-corrected chi connectivity index (χ1v) is 3.29. The first-order chi connectivity index (χ1) is 4.91. The quantitative estimate of drug-likeness (QED) is 0.252. The summed E-state index contributed by atoms with van der Waals surface area (Å²) in [5.41, 5.74) is 0. The lowest BCUT2D eigenvalue weighted by Gasteiger charge is -1.85. The lowest BCUT2D eigenvalue weighted by molar-refractivity contribution is -0.107. The zero-order chi connectivity index (χ0) is 8.24. The topological polar surface area (TPSA) is 17.1 Å². The molecule has 0 saturated carbocycles. The molecule has 0 spiro atoms. The van der Waals surface area contributed by atoms with Gasteiger partial charge in [0.05, 0.1) is 0 Å². The molecule has 0 aromatic carbocycles. The second kappa shape index (κ2) is 15.7. The van der Waals surface area contributed by atoms with E-state index < -0.39 is 0 Å². The lowest BCUT2D eigenvalue weighted by Crippen LogP contribution is -1.75. The van der Waals surface area contributed by atoms with Crippen LogP contribution in [0.3, 0.4) is 0 Å². The highest BCUT2D eigenvalue weighted by Gasteiger charge is 1.81. The van der Waals surface area contributed by atoms with E-state index in [1.807, 2.05) is 0 Å². The zero-order valence-corrected chi connectivity index (χ0v) is 6.31. The molecule has 0 saturated heterocycles. The Hall–Kier alpha value is -1.03. The third-order valence-electron chi connectivity index (χ3n) is 0.893. The van der Waals surface area contributed by atoms with Crippen LogP contribution in [0.15, 0.2) is 13.2 Å². The molecule has 56 valence electrons. The third-order valence-corrected chi connectivity index (χ3v) is 0.893. The Labute approximate surface area is 63.1 Å². The van der Waals surface area contributed by atoms with Crippen molar-refractivity contribution in [3.63, 3.8) is 0 Å². The van der Waals surface area contributed by atoms with Gasteiger partial charge in [-0.1, -0.05) is 0 Å². The summed E-state index contributed by atoms with van der Waals surface area (Å²) in [5.74, 6) is 2.51. The van der Waals surface area contributed by atoms with Crippen LogP contribution in [0.25, 0.3) is 0 Å². The average molecular weight is 138 g/mol. The van der Waals surface area contributed by atoms with Gasteiger partial charge < -0.3 is 4.79 Å². The van der Waals surface area contributed by atoms with Crippen molar-refractivity contribution in [3.8, 4) is 12.3 Å². The predicted molar refractivity (Wildman–Crippen MR) is 44.6 cm³/mol. The van der Waals surface area contributed by atoms with Crippen LogP contribution in [0.1, 0.15) is 25.7 Å². The van der Waals surface area contributed by atoms with Crippen LogP contribution in [-0.2, 0) is 4.79 Å². The molecule has 0 aliphatic heterocycles. The van der Waals surface area contributed by atoms with Gasteiger partial charge in [-0.15, -0.1) is 25.5 Å². The highest BCUT2D eigenvalue weighted by molar-refractivity contribution is 5.48. The summed E-state index contributed by atoms with van der Waals surface area (Å²) < 4.78 is 0. The third kappa shape index (κ3) is 15.8. The molecule has 1 heteroatoms. The smallest absolute Gasteiger partial charge is 0.119 e. The van der Waals surface area contributed by atoms with Crippen LogP contribution in [0.4, 0.5) is 0 Å². The lowest BCUT2D eigenvalue weighted by atomic mass is 10.2. The van der Waals surface area contributed by atoms with Crippen LogP contribution in [0.2, 0.25) is 0 Å². The van der Waals surface area contributed by atoms with Crippen molar-refractivity contribution in [1.29, 1.82) is 0 Å². The van der Waals surface area contributed by atoms with E-state index in [2.05, 4.69) is 19.1 Å². The summed E-state index contributed by atoms with van der Waals surface area (Å²) >= 11 is 0. The van der Waals surface area contributed by atoms with Gasteiger partial charge in [-0.05, 0) is 12.8 Å². The summed E-state index contributed by atoms with van der Waals surface area (Å²) in [6, 6.07) is 0. The van der Waals surface area contributed by atoms with Gasteiger partial charge in [0.2, 0.25) is 0 Å². The van der Waals surface area contributed by atoms with Crippen molar-refractivity contribution in [1.82, 2.24) is 0 Å². The maximum atomic E-state index is 9.72. The van der Waals surface area contributed by atoms with Crippen LogP contribution in [-0.4, -0.2) is 6.29 Å². The number of carbonyl (C=O) groups is 1. The fourth-order valence-corrected chi connectivity index (χ4v) is 0.455. The Bertz CT molecular complexity index is 99.8. The molecule has 0 aromatic heterocycles. The summed E-state index contributed by atoms with van der Waals surface area (Å²) in [6.45, 7) is 6.00. The Morgan fingerprint density at radius 2 is 2.00 bits per heavy atom. The molecule has 0 unspecified atom stereocenters. The van der Waals surface area contributed by atoms with Gasteiger partial charge in [0.25, 0.3) is 0 Å². The summed E-state index contributed by atoms with van der Waals surface area (Å²) in [5, 5.41) is 0. The number of aldehydes is 1. The molecule has 0 aromatic rings. The minimum absolute atomic E-state index is 0.654. The molecule has 0 radical (unpaired) electrons. The summed E-state index contributed by atoms with van der Waals surface area (Å²) in [6.07, 6.45) is 9.27. The minimum atomic E-state index is 0.654. The van der Waals surface area contributed by atoms with Crippen molar-refractivity contribution in [2.45, 2.75) is 25.7 Å². The molecule has 0 atom stereocenters. The molecular formula is C9H14O. The first-order valence-electron chi connectivity index (χ1n) is 3.29. The van der Waals surface area contributed by atoms with Gasteiger partial charge in [0.15, 0.2) is 0 Å². The second-order valence-corrected chi connectivity index (χ2v) is 1.62. The number of hydrogen-bond acceptors (Lipinski definition) is 1. The Morgan fingerprint density at radius 3 is 2.40 bits per heavy atom. The number of terminal acetylenes is 1. The fourth-order valence-electron chi connectivity index (χ4n) is 0.455. The molecule has 0 N–H and O–H groups in total. The standard InChI is InChI=1S/C7H10O.C2H4/c1-2-3-4-5-6-7-8;1-2/h1,7H,3-6H2;1-2H2. The SMILES string of the molecule is C#CCCCCC=O.C=C. The molecule has 1 nitrogen and oxygen atoms in total. The van der Waals surface area contributed by atoms with Crippen molar-refractivity contribution in [2.75, 3.05) is 0 Å². The minimum Gasteiger partial charge on any atom is -0.303 e. The van der Waals surface area contributed by atoms with Gasteiger partial charge in [-0.25, -0.2) is 0 Å². The highest BCUT2D eigenvalue weighted by Crippen LogP contribution is 1.94. The van der Waals surface area contributed by atoms with Crippen molar-refractivity contribution >= 4 is 6.29 Å². The molecular weight excluding hydrogens is 124 g/mol. The van der Waals surface area contributed by atoms with E-state index in [-0.39, 0.29) is 0 Å². The maximum absolute atomic E-state index is 9.72. The van der Waals surface area contributed by atoms with Crippen LogP contribution >= 0.6 is 0 Å². The largest absolute Gasteiger partial charge is 0.303 e. The molecule has 0 bridgehead atoms. The normalized spacial score (nSPS) is 6.70. The van der Waals surface area contributed by atoms with Gasteiger partial charge in [0, 0.05) is 12.8 Å². The molecule has 0 aliphatic rings. The summed E-state index contributed by atoms with van der Waals surface area (Å²) in [7, 11) is 0. The van der Waals surface area contributed by atoms with Crippen molar-refractivity contribution in [3.05, 3.63) is 13.2 Å². The number of carbonyl (C=O) groups excluding carboxylic acids is 1. The Morgan fingerprint density at radius 1 is 1.40 bits per heavy atom. The predicted octanol–water partition coefficient (Wildman–Crippen LogP) is 2.18. The first kappa shape index (κ1) is 11.7. The van der Waals surface area contributed by atoms with E-state index >= 15 is 0 Å². The number of hydrogen-bond donors (Lipinski definition) is 0. The molecule has 0 rings (SSSR count). The average Bonchev–Trinajstić information content (AvgIpc) is 2.02. The monoisotopic (exact) mass is 138 g/mol. The molecule has 0 amide bonds. The van der Waals surface area contributed by atoms with E-state index in [9.17, 15) is 4.79 Å². The van der Waals surface area contributed by atoms with Gasteiger partial charge >= 0.3 is 0 Å². The second-order valence-electron chi connectivity index (χ2n) is 1.62. The van der Waals surface area contributed by atoms with Gasteiger partial charge in [0.1, 0.15) is 6.29 Å². The van der Waals surface area contributed by atoms with E-state index in [4.69, 9.17) is 6.42 Å². The zero-order valence-electron chi connectivity index (χ0n) is 6.31. The molecule has 0 fully saturated rings.